The molecular weight excluding hydrogens is 475 g/mol. The summed E-state index contributed by atoms with van der Waals surface area (Å²) in [5, 5.41) is 11.6. The van der Waals surface area contributed by atoms with Gasteiger partial charge in [-0.2, -0.15) is 0 Å². The van der Waals surface area contributed by atoms with Gasteiger partial charge in [0, 0.05) is 0 Å². The molecular formula is C15H17IN4O5S. The molecule has 0 aliphatic heterocycles. The van der Waals surface area contributed by atoms with Crippen molar-refractivity contribution in [3.05, 3.63) is 39.3 Å². The van der Waals surface area contributed by atoms with Crippen molar-refractivity contribution in [2.24, 2.45) is 5.92 Å². The maximum absolute atomic E-state index is 12.6. The van der Waals surface area contributed by atoms with E-state index in [9.17, 15) is 23.1 Å². The molecule has 2 amide bonds. The molecule has 2 unspecified atom stereocenters. The van der Waals surface area contributed by atoms with E-state index >= 15 is 0 Å². The molecule has 26 heavy (non-hydrogen) atoms. The van der Waals surface area contributed by atoms with Crippen molar-refractivity contribution in [3.63, 3.8) is 0 Å². The summed E-state index contributed by atoms with van der Waals surface area (Å²) < 4.78 is 26.1. The summed E-state index contributed by atoms with van der Waals surface area (Å²) in [4.78, 5) is 31.7. The molecule has 9 nitrogen and oxygen atoms in total. The predicted octanol–water partition coefficient (Wildman–Crippen LogP) is 1.73. The van der Waals surface area contributed by atoms with Gasteiger partial charge in [0.1, 0.15) is 4.75 Å². The Morgan fingerprint density at radius 2 is 1.81 bits per heavy atom. The maximum atomic E-state index is 12.6. The first-order chi connectivity index (χ1) is 12.0. The molecule has 3 N–H and O–H groups in total. The van der Waals surface area contributed by atoms with Crippen molar-refractivity contribution in [1.29, 1.82) is 0 Å². The van der Waals surface area contributed by atoms with Crippen LogP contribution in [-0.2, 0) is 14.8 Å². The van der Waals surface area contributed by atoms with Gasteiger partial charge < -0.3 is 5.11 Å². The molecule has 0 spiro atoms. The highest BCUT2D eigenvalue weighted by atomic mass is 127. The second-order valence-electron chi connectivity index (χ2n) is 5.84. The Labute approximate surface area is 164 Å². The van der Waals surface area contributed by atoms with Crippen molar-refractivity contribution in [2.75, 3.05) is 5.32 Å². The highest BCUT2D eigenvalue weighted by molar-refractivity contribution is 14.1. The maximum Gasteiger partial charge on any atom is 0.335 e. The molecule has 140 valence electrons. The number of nitrogens with zero attached hydrogens (tertiary/aromatic N) is 2. The Morgan fingerprint density at radius 3 is 2.35 bits per heavy atom. The molecule has 1 aromatic rings. The van der Waals surface area contributed by atoms with Gasteiger partial charge in [0.15, 0.2) is 0 Å². The number of hydrogen-bond donors (Lipinski definition) is 3. The van der Waals surface area contributed by atoms with Gasteiger partial charge in [-0.1, -0.05) is 24.3 Å². The van der Waals surface area contributed by atoms with Gasteiger partial charge in [0.05, 0.1) is 20.9 Å². The fraction of sp³-hybridized carbons (Fsp3) is 0.333. The third-order valence-corrected chi connectivity index (χ3v) is 7.50. The van der Waals surface area contributed by atoms with E-state index in [-0.39, 0.29) is 5.95 Å². The highest BCUT2D eigenvalue weighted by Crippen LogP contribution is 2.32. The molecule has 0 radical (unpaired) electrons. The summed E-state index contributed by atoms with van der Waals surface area (Å²) in [6.45, 7) is 4.69. The number of hydrogen-bond acceptors (Lipinski definition) is 6. The normalized spacial score (nSPS) is 22.1. The van der Waals surface area contributed by atoms with E-state index in [0.29, 0.717) is 11.4 Å². The summed E-state index contributed by atoms with van der Waals surface area (Å²) in [6.07, 6.45) is 5.36. The van der Waals surface area contributed by atoms with E-state index in [1.807, 2.05) is 4.72 Å². The quantitative estimate of drug-likeness (QED) is 0.545. The van der Waals surface area contributed by atoms with E-state index < -0.39 is 32.7 Å². The number of carbonyl (C=O) groups excluding carboxylic acids is 1. The number of carbonyl (C=O) groups is 2. The van der Waals surface area contributed by atoms with Crippen LogP contribution in [0.1, 0.15) is 18.3 Å². The Bertz CT molecular complexity index is 905. The van der Waals surface area contributed by atoms with Crippen LogP contribution in [0.3, 0.4) is 0 Å². The van der Waals surface area contributed by atoms with Gasteiger partial charge in [-0.3, -0.25) is 10.1 Å². The van der Waals surface area contributed by atoms with Crippen molar-refractivity contribution in [2.45, 2.75) is 25.5 Å². The SMILES string of the molecule is Cc1nc(NC(=O)NS(=O)(=O)C2(C)C=CC=CC2C(=O)O)nc(C)c1I. The monoisotopic (exact) mass is 492 g/mol. The standard InChI is InChI=1S/C15H17IN4O5S/c1-8-11(16)9(2)18-13(17-8)19-14(23)20-26(24,25)15(3)7-5-4-6-10(15)12(21)22/h4-7,10H,1-3H3,(H,21,22)(H2,17,18,19,20,23). The summed E-state index contributed by atoms with van der Waals surface area (Å²) in [5.74, 6) is -2.70. The lowest BCUT2D eigenvalue weighted by atomic mass is 9.89. The fourth-order valence-electron chi connectivity index (χ4n) is 2.42. The number of nitrogens with one attached hydrogen (secondary N) is 2. The lowest BCUT2D eigenvalue weighted by Crippen LogP contribution is -2.52. The van der Waals surface area contributed by atoms with Gasteiger partial charge in [-0.05, 0) is 43.4 Å². The molecule has 0 aromatic carbocycles. The minimum atomic E-state index is -4.36. The first-order valence-corrected chi connectivity index (χ1v) is 9.97. The van der Waals surface area contributed by atoms with Gasteiger partial charge in [0.25, 0.3) is 0 Å². The third-order valence-electron chi connectivity index (χ3n) is 3.94. The van der Waals surface area contributed by atoms with Crippen LogP contribution >= 0.6 is 22.6 Å². The van der Waals surface area contributed by atoms with Crippen LogP contribution in [0.5, 0.6) is 0 Å². The smallest absolute Gasteiger partial charge is 0.335 e. The molecule has 1 aliphatic carbocycles. The van der Waals surface area contributed by atoms with Gasteiger partial charge >= 0.3 is 12.0 Å². The number of carboxylic acid groups (broad SMARTS) is 1. The van der Waals surface area contributed by atoms with Gasteiger partial charge in [-0.15, -0.1) is 0 Å². The topological polar surface area (TPSA) is 138 Å². The summed E-state index contributed by atoms with van der Waals surface area (Å²) >= 11 is 2.06. The number of aryl methyl sites for hydroxylation is 2. The lowest BCUT2D eigenvalue weighted by Gasteiger charge is -2.31. The number of halogens is 1. The molecule has 1 heterocycles. The average Bonchev–Trinajstić information content (AvgIpc) is 2.51. The van der Waals surface area contributed by atoms with E-state index in [1.165, 1.54) is 31.2 Å². The Hall–Kier alpha value is -2.02. The van der Waals surface area contributed by atoms with Crippen LogP contribution in [0, 0.1) is 23.3 Å². The molecule has 2 rings (SSSR count). The summed E-state index contributed by atoms with van der Waals surface area (Å²) in [5.41, 5.74) is 1.27. The number of urea groups is 1. The van der Waals surface area contributed by atoms with Crippen molar-refractivity contribution < 1.29 is 23.1 Å². The van der Waals surface area contributed by atoms with Crippen molar-refractivity contribution >= 4 is 50.6 Å². The first kappa shape index (κ1) is 20.3. The Balaban J connectivity index is 2.23. The number of aromatic nitrogens is 2. The first-order valence-electron chi connectivity index (χ1n) is 7.41. The minimum absolute atomic E-state index is 0.0489. The zero-order valence-corrected chi connectivity index (χ0v) is 17.1. The predicted molar refractivity (Wildman–Crippen MR) is 103 cm³/mol. The van der Waals surface area contributed by atoms with Gasteiger partial charge in [0.2, 0.25) is 16.0 Å². The van der Waals surface area contributed by atoms with Crippen LogP contribution in [0.25, 0.3) is 0 Å². The zero-order valence-electron chi connectivity index (χ0n) is 14.1. The van der Waals surface area contributed by atoms with Gasteiger partial charge in [-0.25, -0.2) is 27.9 Å². The Kier molecular flexibility index (Phi) is 5.70. The number of sulfonamides is 1. The van der Waals surface area contributed by atoms with E-state index in [1.54, 1.807) is 13.8 Å². The number of rotatable bonds is 4. The van der Waals surface area contributed by atoms with Crippen LogP contribution in [0.15, 0.2) is 24.3 Å². The average molecular weight is 492 g/mol. The van der Waals surface area contributed by atoms with E-state index in [4.69, 9.17) is 0 Å². The molecule has 11 heteroatoms. The Morgan fingerprint density at radius 1 is 1.23 bits per heavy atom. The van der Waals surface area contributed by atoms with Crippen molar-refractivity contribution in [3.8, 4) is 0 Å². The summed E-state index contributed by atoms with van der Waals surface area (Å²) in [6, 6.07) is -1.07. The largest absolute Gasteiger partial charge is 0.481 e. The van der Waals surface area contributed by atoms with E-state index in [2.05, 4.69) is 37.9 Å². The molecule has 1 aromatic heterocycles. The van der Waals surface area contributed by atoms with Crippen LogP contribution in [0.4, 0.5) is 10.7 Å². The fourth-order valence-corrected chi connectivity index (χ4v) is 3.95. The second-order valence-corrected chi connectivity index (χ2v) is 9.00. The van der Waals surface area contributed by atoms with Crippen LogP contribution in [-0.4, -0.2) is 40.2 Å². The van der Waals surface area contributed by atoms with Crippen LogP contribution < -0.4 is 10.0 Å². The number of aliphatic carboxylic acids is 1. The van der Waals surface area contributed by atoms with Crippen molar-refractivity contribution in [1.82, 2.24) is 14.7 Å². The molecule has 2 atom stereocenters. The molecule has 1 aliphatic rings. The number of amides is 2. The van der Waals surface area contributed by atoms with E-state index in [0.717, 1.165) is 3.57 Å². The van der Waals surface area contributed by atoms with Crippen LogP contribution in [0.2, 0.25) is 0 Å². The molecule has 0 fully saturated rings. The molecule has 0 saturated carbocycles. The lowest BCUT2D eigenvalue weighted by molar-refractivity contribution is -0.140. The highest BCUT2D eigenvalue weighted by Gasteiger charge is 2.48. The summed E-state index contributed by atoms with van der Waals surface area (Å²) in [7, 11) is -4.36. The molecule has 0 saturated heterocycles. The second kappa shape index (κ2) is 7.31. The third kappa shape index (κ3) is 3.87. The number of anilines is 1. The minimum Gasteiger partial charge on any atom is -0.481 e. The molecule has 0 bridgehead atoms. The number of allylic oxidation sites excluding steroid dienone is 2. The number of carboxylic acids is 1. The zero-order chi connectivity index (χ0) is 19.7.